The predicted molar refractivity (Wildman–Crippen MR) is 170 cm³/mol. The topological polar surface area (TPSA) is 121 Å². The Morgan fingerprint density at radius 2 is 1.78 bits per heavy atom. The average molecular weight is 625 g/mol. The van der Waals surface area contributed by atoms with Gasteiger partial charge in [-0.1, -0.05) is 6.07 Å². The minimum Gasteiger partial charge on any atom is -0.493 e. The summed E-state index contributed by atoms with van der Waals surface area (Å²) >= 11 is 0. The third kappa shape index (κ3) is 6.90. The molecular formula is C34H33FN6O5. The lowest BCUT2D eigenvalue weighted by Crippen LogP contribution is -2.57. The van der Waals surface area contributed by atoms with E-state index in [2.05, 4.69) is 25.3 Å². The molecule has 0 spiro atoms. The number of likely N-dealkylation sites (tertiary alicyclic amines) is 1. The second-order valence-electron chi connectivity index (χ2n) is 11.8. The molecule has 11 nitrogen and oxygen atoms in total. The van der Waals surface area contributed by atoms with Gasteiger partial charge in [-0.05, 0) is 63.6 Å². The molecule has 2 aromatic carbocycles. The summed E-state index contributed by atoms with van der Waals surface area (Å²) < 4.78 is 38.4. The van der Waals surface area contributed by atoms with E-state index in [4.69, 9.17) is 18.9 Å². The van der Waals surface area contributed by atoms with Crippen LogP contribution in [0.4, 0.5) is 20.7 Å². The van der Waals surface area contributed by atoms with Gasteiger partial charge in [0, 0.05) is 47.2 Å². The molecule has 0 unspecified atom stereocenters. The van der Waals surface area contributed by atoms with E-state index in [1.165, 1.54) is 19.5 Å². The average Bonchev–Trinajstić information content (AvgIpc) is 2.99. The number of anilines is 2. The lowest BCUT2D eigenvalue weighted by Gasteiger charge is -2.39. The number of halogens is 1. The normalized spacial score (nSPS) is 13.2. The van der Waals surface area contributed by atoms with Crippen LogP contribution < -0.4 is 19.5 Å². The molecule has 46 heavy (non-hydrogen) atoms. The van der Waals surface area contributed by atoms with E-state index in [9.17, 15) is 4.79 Å². The van der Waals surface area contributed by atoms with Gasteiger partial charge in [0.1, 0.15) is 35.4 Å². The van der Waals surface area contributed by atoms with Gasteiger partial charge in [-0.25, -0.2) is 24.1 Å². The Hall–Kier alpha value is -5.52. The smallest absolute Gasteiger partial charge is 0.410 e. The van der Waals surface area contributed by atoms with Gasteiger partial charge in [-0.15, -0.1) is 0 Å². The second kappa shape index (κ2) is 12.5. The largest absolute Gasteiger partial charge is 0.493 e. The van der Waals surface area contributed by atoms with Gasteiger partial charge in [0.05, 0.1) is 31.4 Å². The maximum Gasteiger partial charge on any atom is 0.410 e. The highest BCUT2D eigenvalue weighted by Crippen LogP contribution is 2.37. The van der Waals surface area contributed by atoms with Gasteiger partial charge in [-0.3, -0.25) is 4.98 Å². The fourth-order valence-electron chi connectivity index (χ4n) is 4.78. The molecule has 6 rings (SSSR count). The Balaban J connectivity index is 1.17. The van der Waals surface area contributed by atoms with Crippen molar-refractivity contribution in [3.63, 3.8) is 0 Å². The third-order valence-electron chi connectivity index (χ3n) is 7.11. The molecule has 0 bridgehead atoms. The van der Waals surface area contributed by atoms with Gasteiger partial charge in [-0.2, -0.15) is 0 Å². The van der Waals surface area contributed by atoms with Crippen LogP contribution in [-0.2, 0) is 4.74 Å². The molecule has 1 fully saturated rings. The van der Waals surface area contributed by atoms with E-state index >= 15 is 4.39 Å². The number of aromatic nitrogens is 4. The molecule has 1 aliphatic rings. The quantitative estimate of drug-likeness (QED) is 0.192. The number of aryl methyl sites for hydroxylation is 1. The Labute approximate surface area is 265 Å². The molecule has 236 valence electrons. The van der Waals surface area contributed by atoms with Crippen molar-refractivity contribution in [2.24, 2.45) is 0 Å². The molecule has 5 aromatic rings. The van der Waals surface area contributed by atoms with E-state index in [1.54, 1.807) is 47.6 Å². The van der Waals surface area contributed by atoms with Crippen molar-refractivity contribution >= 4 is 28.5 Å². The Bertz CT molecular complexity index is 1890. The number of rotatable bonds is 8. The van der Waals surface area contributed by atoms with Crippen molar-refractivity contribution in [1.29, 1.82) is 0 Å². The zero-order valence-corrected chi connectivity index (χ0v) is 26.1. The summed E-state index contributed by atoms with van der Waals surface area (Å²) in [7, 11) is 1.53. The monoisotopic (exact) mass is 624 g/mol. The lowest BCUT2D eigenvalue weighted by molar-refractivity contribution is -0.0225. The third-order valence-corrected chi connectivity index (χ3v) is 7.11. The molecular weight excluding hydrogens is 591 g/mol. The minimum atomic E-state index is -0.579. The summed E-state index contributed by atoms with van der Waals surface area (Å²) in [5.74, 6) is 1.34. The first-order chi connectivity index (χ1) is 22.0. The van der Waals surface area contributed by atoms with Crippen LogP contribution in [-0.4, -0.2) is 62.8 Å². The van der Waals surface area contributed by atoms with Gasteiger partial charge < -0.3 is 29.2 Å². The number of nitrogens with zero attached hydrogens (tertiary/aromatic N) is 5. The van der Waals surface area contributed by atoms with Crippen LogP contribution in [0.25, 0.3) is 22.0 Å². The zero-order valence-electron chi connectivity index (χ0n) is 26.1. The number of methoxy groups -OCH3 is 1. The summed E-state index contributed by atoms with van der Waals surface area (Å²) in [5.41, 5.74) is 2.89. The molecule has 1 amide bonds. The first-order valence-corrected chi connectivity index (χ1v) is 14.7. The van der Waals surface area contributed by atoms with Crippen LogP contribution in [0.3, 0.4) is 0 Å². The number of amides is 1. The van der Waals surface area contributed by atoms with E-state index < -0.39 is 11.4 Å². The van der Waals surface area contributed by atoms with Crippen molar-refractivity contribution in [2.75, 3.05) is 25.5 Å². The van der Waals surface area contributed by atoms with E-state index in [1.807, 2.05) is 45.9 Å². The first-order valence-electron chi connectivity index (χ1n) is 14.7. The summed E-state index contributed by atoms with van der Waals surface area (Å²) in [6.07, 6.45) is 4.15. The number of fused-ring (bicyclic) bond motifs is 1. The molecule has 0 atom stereocenters. The number of ether oxygens (including phenoxy) is 4. The van der Waals surface area contributed by atoms with Crippen molar-refractivity contribution in [2.45, 2.75) is 39.4 Å². The molecule has 1 aliphatic heterocycles. The van der Waals surface area contributed by atoms with E-state index in [0.717, 1.165) is 16.8 Å². The number of hydrogen-bond acceptors (Lipinski definition) is 10. The number of nitrogens with one attached hydrogen (secondary N) is 1. The molecule has 12 heteroatoms. The van der Waals surface area contributed by atoms with Crippen LogP contribution in [0, 0.1) is 12.7 Å². The van der Waals surface area contributed by atoms with Gasteiger partial charge in [0.2, 0.25) is 5.88 Å². The highest BCUT2D eigenvalue weighted by molar-refractivity contribution is 5.93. The van der Waals surface area contributed by atoms with Crippen LogP contribution in [0.15, 0.2) is 73.3 Å². The fraction of sp³-hybridized carbons (Fsp3) is 0.265. The summed E-state index contributed by atoms with van der Waals surface area (Å²) in [5, 5.41) is 3.65. The zero-order chi connectivity index (χ0) is 32.4. The maximum absolute atomic E-state index is 15.3. The van der Waals surface area contributed by atoms with E-state index in [0.29, 0.717) is 47.2 Å². The molecule has 1 N–H and O–H groups in total. The molecule has 0 saturated carbocycles. The Morgan fingerprint density at radius 1 is 0.957 bits per heavy atom. The van der Waals surface area contributed by atoms with Crippen LogP contribution in [0.5, 0.6) is 23.1 Å². The Morgan fingerprint density at radius 3 is 2.50 bits per heavy atom. The second-order valence-corrected chi connectivity index (χ2v) is 11.8. The van der Waals surface area contributed by atoms with Crippen molar-refractivity contribution in [3.05, 3.63) is 84.8 Å². The van der Waals surface area contributed by atoms with Crippen molar-refractivity contribution < 1.29 is 28.1 Å². The number of carbonyl (C=O) groups is 1. The van der Waals surface area contributed by atoms with Crippen molar-refractivity contribution in [3.8, 4) is 34.3 Å². The first kappa shape index (κ1) is 30.5. The molecule has 3 aromatic heterocycles. The van der Waals surface area contributed by atoms with Gasteiger partial charge >= 0.3 is 6.09 Å². The predicted octanol–water partition coefficient (Wildman–Crippen LogP) is 7.08. The van der Waals surface area contributed by atoms with Gasteiger partial charge in [0.15, 0.2) is 11.5 Å². The van der Waals surface area contributed by atoms with Crippen molar-refractivity contribution in [1.82, 2.24) is 24.8 Å². The standard InChI is InChI=1S/C34H33FN6O5/c1-20-6-7-22(16-37-20)21-10-11-36-31(12-21)45-23-8-9-27(26(35)13-23)40-32-25-14-30(29(43-5)15-28(25)38-19-39-32)44-24-17-41(18-24)33(42)46-34(2,3)4/h6-16,19,24H,17-18H2,1-5H3,(H,38,39,40). The Kier molecular flexibility index (Phi) is 8.27. The number of benzene rings is 2. The molecule has 4 heterocycles. The van der Waals surface area contributed by atoms with Crippen LogP contribution in [0.2, 0.25) is 0 Å². The number of pyridine rings is 2. The number of carbonyl (C=O) groups excluding carboxylic acids is 1. The van der Waals surface area contributed by atoms with Gasteiger partial charge in [0.25, 0.3) is 0 Å². The maximum atomic E-state index is 15.3. The summed E-state index contributed by atoms with van der Waals surface area (Å²) in [6, 6.07) is 15.5. The highest BCUT2D eigenvalue weighted by atomic mass is 19.1. The van der Waals surface area contributed by atoms with E-state index in [-0.39, 0.29) is 23.6 Å². The number of hydrogen-bond donors (Lipinski definition) is 1. The fourth-order valence-corrected chi connectivity index (χ4v) is 4.78. The molecule has 0 aliphatic carbocycles. The SMILES string of the molecule is COc1cc2ncnc(Nc3ccc(Oc4cc(-c5ccc(C)nc5)ccn4)cc3F)c2cc1OC1CN(C(=O)OC(C)(C)C)C1. The minimum absolute atomic E-state index is 0.185. The summed E-state index contributed by atoms with van der Waals surface area (Å²) in [4.78, 5) is 31.2. The van der Waals surface area contributed by atoms with Crippen LogP contribution in [0.1, 0.15) is 26.5 Å². The summed E-state index contributed by atoms with van der Waals surface area (Å²) in [6.45, 7) is 8.13. The highest BCUT2D eigenvalue weighted by Gasteiger charge is 2.35. The molecule has 1 saturated heterocycles. The lowest BCUT2D eigenvalue weighted by atomic mass is 10.1. The molecule has 0 radical (unpaired) electrons. The van der Waals surface area contributed by atoms with Crippen LogP contribution >= 0.6 is 0 Å².